The average molecular weight is 563 g/mol. The molecule has 4 rings (SSSR count). The highest BCUT2D eigenvalue weighted by atomic mass is 127. The molecule has 33 heavy (non-hydrogen) atoms. The summed E-state index contributed by atoms with van der Waals surface area (Å²) in [4.78, 5) is 28.1. The van der Waals surface area contributed by atoms with Crippen LogP contribution in [0.4, 0.5) is 11.5 Å². The number of pyridine rings is 1. The highest BCUT2D eigenvalue weighted by molar-refractivity contribution is 14.0. The van der Waals surface area contributed by atoms with Crippen molar-refractivity contribution in [3.8, 4) is 0 Å². The molecule has 1 atom stereocenters. The van der Waals surface area contributed by atoms with Gasteiger partial charge >= 0.3 is 0 Å². The van der Waals surface area contributed by atoms with Crippen molar-refractivity contribution in [2.45, 2.75) is 25.9 Å². The van der Waals surface area contributed by atoms with Crippen molar-refractivity contribution >= 4 is 47.3 Å². The van der Waals surface area contributed by atoms with E-state index in [-0.39, 0.29) is 35.9 Å². The van der Waals surface area contributed by atoms with Crippen LogP contribution in [0.1, 0.15) is 18.9 Å². The smallest absolute Gasteiger partial charge is 0.229 e. The number of nitrogens with zero attached hydrogens (tertiary/aromatic N) is 5. The zero-order valence-electron chi connectivity index (χ0n) is 19.4. The summed E-state index contributed by atoms with van der Waals surface area (Å²) in [5, 5.41) is 6.78. The van der Waals surface area contributed by atoms with E-state index in [9.17, 15) is 4.79 Å². The maximum Gasteiger partial charge on any atom is 0.229 e. The molecule has 2 aliphatic heterocycles. The number of carbonyl (C=O) groups is 1. The summed E-state index contributed by atoms with van der Waals surface area (Å²) in [6.07, 6.45) is 2.33. The standard InChI is InChI=1S/C24H33N7O.HI/c1-3-29-11-13-30(14-12-29)22-15-19(9-10-26-22)17-27-24(25-2)28-20-16-23(32)31(18-20)21-7-5-4-6-8-21;/h4-10,15,20H,3,11-14,16-18H2,1-2H3,(H2,25,27,28);1H. The summed E-state index contributed by atoms with van der Waals surface area (Å²) < 4.78 is 0. The zero-order valence-corrected chi connectivity index (χ0v) is 21.7. The molecule has 9 heteroatoms. The number of nitrogens with one attached hydrogen (secondary N) is 2. The largest absolute Gasteiger partial charge is 0.354 e. The van der Waals surface area contributed by atoms with Crippen molar-refractivity contribution in [3.63, 3.8) is 0 Å². The molecule has 1 aromatic heterocycles. The predicted molar refractivity (Wildman–Crippen MR) is 145 cm³/mol. The number of para-hydroxylation sites is 1. The van der Waals surface area contributed by atoms with Crippen molar-refractivity contribution in [3.05, 3.63) is 54.2 Å². The van der Waals surface area contributed by atoms with Gasteiger partial charge in [0.2, 0.25) is 5.91 Å². The average Bonchev–Trinajstić information content (AvgIpc) is 3.22. The predicted octanol–water partition coefficient (Wildman–Crippen LogP) is 2.31. The van der Waals surface area contributed by atoms with Gasteiger partial charge < -0.3 is 25.3 Å². The number of likely N-dealkylation sites (N-methyl/N-ethyl adjacent to an activating group) is 1. The van der Waals surface area contributed by atoms with Crippen LogP contribution in [0.5, 0.6) is 0 Å². The molecule has 1 unspecified atom stereocenters. The quantitative estimate of drug-likeness (QED) is 0.320. The van der Waals surface area contributed by atoms with Crippen LogP contribution < -0.4 is 20.4 Å². The monoisotopic (exact) mass is 563 g/mol. The minimum atomic E-state index is 0. The number of amides is 1. The number of guanidine groups is 1. The Labute approximate surface area is 213 Å². The van der Waals surface area contributed by atoms with E-state index in [0.717, 1.165) is 49.8 Å². The number of anilines is 2. The minimum absolute atomic E-state index is 0. The van der Waals surface area contributed by atoms with Crippen LogP contribution in [0.3, 0.4) is 0 Å². The summed E-state index contributed by atoms with van der Waals surface area (Å²) in [7, 11) is 1.76. The van der Waals surface area contributed by atoms with Gasteiger partial charge in [0.05, 0.1) is 6.04 Å². The van der Waals surface area contributed by atoms with Crippen LogP contribution >= 0.6 is 24.0 Å². The lowest BCUT2D eigenvalue weighted by molar-refractivity contribution is -0.117. The maximum absolute atomic E-state index is 12.5. The first kappa shape index (κ1) is 25.2. The molecule has 2 fully saturated rings. The third-order valence-electron chi connectivity index (χ3n) is 6.17. The lowest BCUT2D eigenvalue weighted by Gasteiger charge is -2.34. The van der Waals surface area contributed by atoms with E-state index in [4.69, 9.17) is 0 Å². The van der Waals surface area contributed by atoms with Crippen molar-refractivity contribution in [2.24, 2.45) is 4.99 Å². The van der Waals surface area contributed by atoms with Crippen LogP contribution in [-0.4, -0.2) is 74.1 Å². The molecule has 2 aliphatic rings. The SMILES string of the molecule is CCN1CCN(c2cc(CNC(=NC)NC3CC(=O)N(c4ccccc4)C3)ccn2)CC1.I. The first-order valence-electron chi connectivity index (χ1n) is 11.4. The summed E-state index contributed by atoms with van der Waals surface area (Å²) >= 11 is 0. The Morgan fingerprint density at radius 2 is 1.91 bits per heavy atom. The molecule has 8 nitrogen and oxygen atoms in total. The molecular formula is C24H34IN7O. The molecule has 0 spiro atoms. The van der Waals surface area contributed by atoms with Crippen LogP contribution in [0.2, 0.25) is 0 Å². The number of hydrogen-bond donors (Lipinski definition) is 2. The minimum Gasteiger partial charge on any atom is -0.354 e. The van der Waals surface area contributed by atoms with Gasteiger partial charge in [-0.1, -0.05) is 25.1 Å². The molecular weight excluding hydrogens is 529 g/mol. The number of benzene rings is 1. The number of hydrogen-bond acceptors (Lipinski definition) is 5. The Morgan fingerprint density at radius 3 is 2.61 bits per heavy atom. The first-order valence-corrected chi connectivity index (χ1v) is 11.4. The number of carbonyl (C=O) groups excluding carboxylic acids is 1. The summed E-state index contributed by atoms with van der Waals surface area (Å²) in [6.45, 7) is 8.77. The van der Waals surface area contributed by atoms with Crippen LogP contribution in [0, 0.1) is 0 Å². The Morgan fingerprint density at radius 1 is 1.15 bits per heavy atom. The molecule has 0 aliphatic carbocycles. The Bertz CT molecular complexity index is 931. The Kier molecular flexibility index (Phi) is 9.30. The van der Waals surface area contributed by atoms with E-state index < -0.39 is 0 Å². The lowest BCUT2D eigenvalue weighted by Crippen LogP contribution is -2.46. The molecule has 0 bridgehead atoms. The summed E-state index contributed by atoms with van der Waals surface area (Å²) in [5.74, 6) is 1.86. The fourth-order valence-corrected chi connectivity index (χ4v) is 4.27. The lowest BCUT2D eigenvalue weighted by atomic mass is 10.2. The second kappa shape index (κ2) is 12.2. The number of aliphatic imine (C=N–C) groups is 1. The van der Waals surface area contributed by atoms with Gasteiger partial charge in [0, 0.05) is 64.6 Å². The Hall–Kier alpha value is -2.40. The number of aromatic nitrogens is 1. The van der Waals surface area contributed by atoms with Gasteiger partial charge in [-0.15, -0.1) is 24.0 Å². The van der Waals surface area contributed by atoms with Gasteiger partial charge in [-0.3, -0.25) is 9.79 Å². The van der Waals surface area contributed by atoms with E-state index in [1.54, 1.807) is 7.05 Å². The maximum atomic E-state index is 12.5. The highest BCUT2D eigenvalue weighted by Crippen LogP contribution is 2.21. The van der Waals surface area contributed by atoms with Gasteiger partial charge in [0.1, 0.15) is 5.82 Å². The van der Waals surface area contributed by atoms with E-state index in [1.165, 1.54) is 0 Å². The first-order chi connectivity index (χ1) is 15.7. The van der Waals surface area contributed by atoms with Crippen molar-refractivity contribution in [1.82, 2.24) is 20.5 Å². The molecule has 2 N–H and O–H groups in total. The van der Waals surface area contributed by atoms with E-state index in [2.05, 4.69) is 43.4 Å². The summed E-state index contributed by atoms with van der Waals surface area (Å²) in [6, 6.07) is 14.0. The molecule has 2 aromatic rings. The molecule has 2 saturated heterocycles. The van der Waals surface area contributed by atoms with Crippen molar-refractivity contribution < 1.29 is 4.79 Å². The molecule has 1 aromatic carbocycles. The van der Waals surface area contributed by atoms with E-state index in [0.29, 0.717) is 25.5 Å². The fraction of sp³-hybridized carbons (Fsp3) is 0.458. The van der Waals surface area contributed by atoms with Crippen LogP contribution in [0.15, 0.2) is 53.7 Å². The topological polar surface area (TPSA) is 76.1 Å². The van der Waals surface area contributed by atoms with Gasteiger partial charge in [0.15, 0.2) is 5.96 Å². The fourth-order valence-electron chi connectivity index (χ4n) is 4.27. The molecule has 0 saturated carbocycles. The molecule has 0 radical (unpaired) electrons. The molecule has 178 valence electrons. The van der Waals surface area contributed by atoms with E-state index in [1.807, 2.05) is 47.5 Å². The van der Waals surface area contributed by atoms with Gasteiger partial charge in [-0.2, -0.15) is 0 Å². The van der Waals surface area contributed by atoms with E-state index >= 15 is 0 Å². The van der Waals surface area contributed by atoms with Crippen molar-refractivity contribution in [2.75, 3.05) is 56.1 Å². The number of rotatable bonds is 6. The molecule has 1 amide bonds. The number of halogens is 1. The highest BCUT2D eigenvalue weighted by Gasteiger charge is 2.31. The zero-order chi connectivity index (χ0) is 22.3. The van der Waals surface area contributed by atoms with Gasteiger partial charge in [-0.25, -0.2) is 4.98 Å². The Balaban J connectivity index is 0.00000306. The summed E-state index contributed by atoms with van der Waals surface area (Å²) in [5.41, 5.74) is 2.10. The third kappa shape index (κ3) is 6.57. The molecule has 3 heterocycles. The second-order valence-electron chi connectivity index (χ2n) is 8.25. The second-order valence-corrected chi connectivity index (χ2v) is 8.25. The van der Waals surface area contributed by atoms with Crippen LogP contribution in [-0.2, 0) is 11.3 Å². The van der Waals surface area contributed by atoms with Gasteiger partial charge in [0.25, 0.3) is 0 Å². The normalized spacial score (nSPS) is 19.4. The number of piperazine rings is 1. The van der Waals surface area contributed by atoms with Crippen LogP contribution in [0.25, 0.3) is 0 Å². The van der Waals surface area contributed by atoms with Crippen molar-refractivity contribution in [1.29, 1.82) is 0 Å². The third-order valence-corrected chi connectivity index (χ3v) is 6.17. The van der Waals surface area contributed by atoms with Gasteiger partial charge in [-0.05, 0) is 36.4 Å².